The number of amides is 1. The molecule has 1 saturated heterocycles. The number of nitrogens with zero attached hydrogens (tertiary/aromatic N) is 4. The van der Waals surface area contributed by atoms with Gasteiger partial charge in [0.2, 0.25) is 5.91 Å². The lowest BCUT2D eigenvalue weighted by atomic mass is 9.85. The van der Waals surface area contributed by atoms with Crippen LogP contribution in [-0.2, 0) is 4.79 Å². The largest absolute Gasteiger partial charge is 0.356 e. The van der Waals surface area contributed by atoms with Crippen molar-refractivity contribution in [2.24, 2.45) is 5.73 Å². The summed E-state index contributed by atoms with van der Waals surface area (Å²) in [6, 6.07) is 9.66. The molecule has 2 aromatic heterocycles. The Morgan fingerprint density at radius 1 is 1.24 bits per heavy atom. The number of hydrogen-bond acceptors (Lipinski definition) is 6. The van der Waals surface area contributed by atoms with Crippen molar-refractivity contribution >= 4 is 34.4 Å². The lowest BCUT2D eigenvalue weighted by Gasteiger charge is -2.39. The second-order valence-corrected chi connectivity index (χ2v) is 10.0. The highest BCUT2D eigenvalue weighted by atomic mass is 35.5. The number of hydrogen-bond donors (Lipinski definition) is 3. The van der Waals surface area contributed by atoms with Gasteiger partial charge in [-0.1, -0.05) is 23.7 Å². The molecule has 4 N–H and O–H groups in total. The number of aromatic nitrogens is 3. The predicted octanol–water partition coefficient (Wildman–Crippen LogP) is 3.50. The zero-order valence-electron chi connectivity index (χ0n) is 19.9. The fourth-order valence-electron chi connectivity index (χ4n) is 4.65. The van der Waals surface area contributed by atoms with Crippen LogP contribution in [0, 0.1) is 0 Å². The maximum atomic E-state index is 13.1. The van der Waals surface area contributed by atoms with Gasteiger partial charge in [0.25, 0.3) is 0 Å². The lowest BCUT2D eigenvalue weighted by Crippen LogP contribution is -2.53. The van der Waals surface area contributed by atoms with Crippen LogP contribution in [0.5, 0.6) is 0 Å². The number of piperidine rings is 1. The SMILES string of the molecule is CN(C)CCCC(NC(=O)CC1(N)CCN(c2ncnc3[nH]ccc23)CC1)c1ccc(Cl)cc1. The van der Waals surface area contributed by atoms with E-state index in [2.05, 4.69) is 44.2 Å². The average molecular weight is 484 g/mol. The Kier molecular flexibility index (Phi) is 7.70. The number of nitrogens with one attached hydrogen (secondary N) is 2. The number of benzene rings is 1. The van der Waals surface area contributed by atoms with Crippen molar-refractivity contribution in [1.29, 1.82) is 0 Å². The number of anilines is 1. The van der Waals surface area contributed by atoms with Gasteiger partial charge in [0.05, 0.1) is 11.4 Å². The minimum Gasteiger partial charge on any atom is -0.356 e. The number of carbonyl (C=O) groups is 1. The van der Waals surface area contributed by atoms with Gasteiger partial charge in [0.15, 0.2) is 0 Å². The van der Waals surface area contributed by atoms with Crippen LogP contribution in [-0.4, -0.2) is 65.0 Å². The third kappa shape index (κ3) is 6.05. The standard InChI is InChI=1S/C25H34ClN7O/c1-32(2)13-3-4-21(18-5-7-19(26)8-6-18)31-22(34)16-25(27)10-14-33(15-11-25)24-20-9-12-28-23(20)29-17-30-24/h5-9,12,17,21H,3-4,10-11,13-16,27H2,1-2H3,(H,31,34)(H,28,29,30). The first kappa shape index (κ1) is 24.4. The maximum absolute atomic E-state index is 13.1. The van der Waals surface area contributed by atoms with E-state index < -0.39 is 5.54 Å². The van der Waals surface area contributed by atoms with Crippen LogP contribution < -0.4 is 16.0 Å². The summed E-state index contributed by atoms with van der Waals surface area (Å²) in [5.74, 6) is 0.914. The summed E-state index contributed by atoms with van der Waals surface area (Å²) in [4.78, 5) is 29.4. The van der Waals surface area contributed by atoms with Crippen LogP contribution in [0.3, 0.4) is 0 Å². The molecular formula is C25H34ClN7O. The molecule has 3 heterocycles. The van der Waals surface area contributed by atoms with E-state index in [9.17, 15) is 4.79 Å². The van der Waals surface area contributed by atoms with Crippen molar-refractivity contribution in [2.45, 2.75) is 43.7 Å². The molecule has 3 aromatic rings. The van der Waals surface area contributed by atoms with Crippen LogP contribution in [0.15, 0.2) is 42.9 Å². The molecule has 0 saturated carbocycles. The van der Waals surface area contributed by atoms with Gasteiger partial charge in [0, 0.05) is 36.3 Å². The molecule has 0 bridgehead atoms. The molecule has 1 fully saturated rings. The van der Waals surface area contributed by atoms with Crippen molar-refractivity contribution in [2.75, 3.05) is 38.6 Å². The molecule has 9 heteroatoms. The van der Waals surface area contributed by atoms with Gasteiger partial charge in [-0.25, -0.2) is 9.97 Å². The number of aromatic amines is 1. The highest BCUT2D eigenvalue weighted by Crippen LogP contribution is 2.30. The minimum atomic E-state index is -0.529. The minimum absolute atomic E-state index is 0.00388. The van der Waals surface area contributed by atoms with E-state index in [0.29, 0.717) is 11.4 Å². The molecule has 0 aliphatic carbocycles. The highest BCUT2D eigenvalue weighted by molar-refractivity contribution is 6.30. The third-order valence-electron chi connectivity index (χ3n) is 6.61. The summed E-state index contributed by atoms with van der Waals surface area (Å²) in [6.45, 7) is 2.48. The predicted molar refractivity (Wildman–Crippen MR) is 137 cm³/mol. The number of carbonyl (C=O) groups excluding carboxylic acids is 1. The monoisotopic (exact) mass is 483 g/mol. The van der Waals surface area contributed by atoms with Gasteiger partial charge in [-0.05, 0) is 70.1 Å². The first-order chi connectivity index (χ1) is 16.3. The third-order valence-corrected chi connectivity index (χ3v) is 6.86. The molecule has 8 nitrogen and oxygen atoms in total. The molecule has 1 amide bonds. The van der Waals surface area contributed by atoms with Crippen molar-refractivity contribution in [1.82, 2.24) is 25.2 Å². The molecule has 1 aliphatic heterocycles. The summed E-state index contributed by atoms with van der Waals surface area (Å²) < 4.78 is 0. The van der Waals surface area contributed by atoms with Gasteiger partial charge < -0.3 is 25.8 Å². The van der Waals surface area contributed by atoms with E-state index in [1.165, 1.54) is 0 Å². The van der Waals surface area contributed by atoms with E-state index in [-0.39, 0.29) is 11.9 Å². The quantitative estimate of drug-likeness (QED) is 0.430. The van der Waals surface area contributed by atoms with E-state index in [1.54, 1.807) is 6.33 Å². The smallest absolute Gasteiger partial charge is 0.222 e. The fraction of sp³-hybridized carbons (Fsp3) is 0.480. The van der Waals surface area contributed by atoms with Crippen LogP contribution in [0.2, 0.25) is 5.02 Å². The number of halogens is 1. The maximum Gasteiger partial charge on any atom is 0.222 e. The zero-order chi connectivity index (χ0) is 24.1. The number of rotatable bonds is 9. The molecule has 182 valence electrons. The Morgan fingerprint density at radius 3 is 2.68 bits per heavy atom. The topological polar surface area (TPSA) is 103 Å². The van der Waals surface area contributed by atoms with Crippen molar-refractivity contribution < 1.29 is 4.79 Å². The normalized spacial score (nSPS) is 16.7. The molecule has 4 rings (SSSR count). The fourth-order valence-corrected chi connectivity index (χ4v) is 4.77. The number of fused-ring (bicyclic) bond motifs is 1. The van der Waals surface area contributed by atoms with Crippen LogP contribution in [0.25, 0.3) is 11.0 Å². The van der Waals surface area contributed by atoms with Crippen LogP contribution in [0.1, 0.15) is 43.7 Å². The average Bonchev–Trinajstić information content (AvgIpc) is 3.28. The van der Waals surface area contributed by atoms with Gasteiger partial charge in [-0.2, -0.15) is 0 Å². The van der Waals surface area contributed by atoms with E-state index in [4.69, 9.17) is 17.3 Å². The molecule has 1 unspecified atom stereocenters. The Balaban J connectivity index is 1.36. The van der Waals surface area contributed by atoms with Crippen molar-refractivity contribution in [3.8, 4) is 0 Å². The Hall–Kier alpha value is -2.68. The summed E-state index contributed by atoms with van der Waals surface area (Å²) in [6.07, 6.45) is 7.05. The second-order valence-electron chi connectivity index (χ2n) is 9.58. The number of nitrogens with two attached hydrogens (primary N) is 1. The number of H-pyrrole nitrogens is 1. The summed E-state index contributed by atoms with van der Waals surface area (Å²) in [7, 11) is 4.12. The summed E-state index contributed by atoms with van der Waals surface area (Å²) in [5.41, 5.74) is 8.08. The first-order valence-electron chi connectivity index (χ1n) is 11.8. The zero-order valence-corrected chi connectivity index (χ0v) is 20.7. The highest BCUT2D eigenvalue weighted by Gasteiger charge is 2.34. The Morgan fingerprint density at radius 2 is 1.97 bits per heavy atom. The van der Waals surface area contributed by atoms with Gasteiger partial charge in [-0.3, -0.25) is 4.79 Å². The first-order valence-corrected chi connectivity index (χ1v) is 12.2. The second kappa shape index (κ2) is 10.7. The molecule has 0 radical (unpaired) electrons. The Labute approximate surface area is 205 Å². The van der Waals surface area contributed by atoms with Gasteiger partial charge in [0.1, 0.15) is 17.8 Å². The lowest BCUT2D eigenvalue weighted by molar-refractivity contribution is -0.123. The van der Waals surface area contributed by atoms with Crippen molar-refractivity contribution in [3.05, 3.63) is 53.4 Å². The van der Waals surface area contributed by atoms with E-state index in [0.717, 1.165) is 67.7 Å². The molecular weight excluding hydrogens is 450 g/mol. The molecule has 1 aromatic carbocycles. The molecule has 0 spiro atoms. The summed E-state index contributed by atoms with van der Waals surface area (Å²) >= 11 is 6.07. The van der Waals surface area contributed by atoms with Gasteiger partial charge in [-0.15, -0.1) is 0 Å². The van der Waals surface area contributed by atoms with E-state index >= 15 is 0 Å². The van der Waals surface area contributed by atoms with E-state index in [1.807, 2.05) is 36.5 Å². The molecule has 1 aliphatic rings. The molecule has 34 heavy (non-hydrogen) atoms. The summed E-state index contributed by atoms with van der Waals surface area (Å²) in [5, 5.41) is 4.94. The Bertz CT molecular complexity index is 1090. The van der Waals surface area contributed by atoms with Gasteiger partial charge >= 0.3 is 0 Å². The van der Waals surface area contributed by atoms with Crippen LogP contribution in [0.4, 0.5) is 5.82 Å². The van der Waals surface area contributed by atoms with Crippen LogP contribution >= 0.6 is 11.6 Å². The van der Waals surface area contributed by atoms with Crippen molar-refractivity contribution in [3.63, 3.8) is 0 Å². The molecule has 1 atom stereocenters.